The number of hydrogen-bond donors (Lipinski definition) is 3. The van der Waals surface area contributed by atoms with Crippen molar-refractivity contribution in [2.75, 3.05) is 20.2 Å². The predicted octanol–water partition coefficient (Wildman–Crippen LogP) is 0.103. The quantitative estimate of drug-likeness (QED) is 0.584. The number of ether oxygens (including phenoxy) is 1. The zero-order valence-electron chi connectivity index (χ0n) is 15.8. The normalized spacial score (nSPS) is 19.1. The molecule has 1 fully saturated rings. The second-order valence-electron chi connectivity index (χ2n) is 6.68. The van der Waals surface area contributed by atoms with Crippen molar-refractivity contribution in [2.45, 2.75) is 32.4 Å². The van der Waals surface area contributed by atoms with E-state index < -0.39 is 29.9 Å². The highest BCUT2D eigenvalue weighted by molar-refractivity contribution is 6.09. The lowest BCUT2D eigenvalue weighted by Crippen LogP contribution is -2.45. The average molecular weight is 376 g/mol. The summed E-state index contributed by atoms with van der Waals surface area (Å²) in [5.41, 5.74) is -0.764. The number of amides is 5. The molecule has 2 rings (SSSR count). The lowest BCUT2D eigenvalue weighted by Gasteiger charge is -2.22. The van der Waals surface area contributed by atoms with E-state index in [1.54, 1.807) is 45.0 Å². The number of benzene rings is 1. The molecule has 0 unspecified atom stereocenters. The van der Waals surface area contributed by atoms with Gasteiger partial charge in [0, 0.05) is 6.04 Å². The molecule has 27 heavy (non-hydrogen) atoms. The molecule has 0 saturated carbocycles. The van der Waals surface area contributed by atoms with Crippen molar-refractivity contribution >= 4 is 23.8 Å². The number of nitrogens with one attached hydrogen (secondary N) is 3. The van der Waals surface area contributed by atoms with E-state index in [0.717, 1.165) is 4.90 Å². The highest BCUT2D eigenvalue weighted by atomic mass is 16.5. The van der Waals surface area contributed by atoms with Gasteiger partial charge in [0.1, 0.15) is 17.8 Å². The first kappa shape index (κ1) is 20.2. The molecule has 1 saturated heterocycles. The van der Waals surface area contributed by atoms with Crippen LogP contribution in [-0.2, 0) is 19.9 Å². The van der Waals surface area contributed by atoms with E-state index in [4.69, 9.17) is 4.74 Å². The fraction of sp³-hybridized carbons (Fsp3) is 0.444. The summed E-state index contributed by atoms with van der Waals surface area (Å²) in [7, 11) is 1.50. The molecular formula is C18H24N4O5. The van der Waals surface area contributed by atoms with Crippen LogP contribution in [0.15, 0.2) is 24.3 Å². The van der Waals surface area contributed by atoms with Crippen LogP contribution in [0.2, 0.25) is 0 Å². The number of carbonyl (C=O) groups excluding carboxylic acids is 4. The Bertz CT molecular complexity index is 764. The van der Waals surface area contributed by atoms with Gasteiger partial charge in [-0.3, -0.25) is 19.3 Å². The largest absolute Gasteiger partial charge is 0.497 e. The minimum atomic E-state index is -1.30. The Hall–Kier alpha value is -3.10. The number of nitrogens with zero attached hydrogens (tertiary/aromatic N) is 1. The lowest BCUT2D eigenvalue weighted by molar-refractivity contribution is -0.135. The summed E-state index contributed by atoms with van der Waals surface area (Å²) in [6.07, 6.45) is 0. The number of rotatable bonds is 7. The standard InChI is InChI=1S/C18H24N4O5/c1-11(2)20-14(23)9-19-15(24)10-22-16(25)18(3,21-17(22)26)12-6-5-7-13(8-12)27-4/h5-8,11H,9-10H2,1-4H3,(H,19,24)(H,20,23)(H,21,26)/t18-/m1/s1. The first-order chi connectivity index (χ1) is 12.7. The van der Waals surface area contributed by atoms with Crippen LogP contribution < -0.4 is 20.7 Å². The average Bonchev–Trinajstić information content (AvgIpc) is 2.83. The van der Waals surface area contributed by atoms with Crippen LogP contribution >= 0.6 is 0 Å². The van der Waals surface area contributed by atoms with E-state index in [2.05, 4.69) is 16.0 Å². The third kappa shape index (κ3) is 4.55. The maximum absolute atomic E-state index is 12.8. The van der Waals surface area contributed by atoms with Crippen LogP contribution in [0.3, 0.4) is 0 Å². The molecule has 9 nitrogen and oxygen atoms in total. The first-order valence-corrected chi connectivity index (χ1v) is 8.52. The van der Waals surface area contributed by atoms with Crippen molar-refractivity contribution in [3.05, 3.63) is 29.8 Å². The third-order valence-electron chi connectivity index (χ3n) is 4.12. The molecule has 1 aliphatic rings. The van der Waals surface area contributed by atoms with Gasteiger partial charge in [0.25, 0.3) is 5.91 Å². The van der Waals surface area contributed by atoms with Gasteiger partial charge in [0.2, 0.25) is 11.8 Å². The lowest BCUT2D eigenvalue weighted by atomic mass is 9.92. The van der Waals surface area contributed by atoms with Crippen molar-refractivity contribution in [3.8, 4) is 5.75 Å². The molecule has 0 radical (unpaired) electrons. The van der Waals surface area contributed by atoms with Gasteiger partial charge in [-0.05, 0) is 38.5 Å². The minimum absolute atomic E-state index is 0.0519. The Morgan fingerprint density at radius 3 is 2.59 bits per heavy atom. The molecule has 0 aromatic heterocycles. The van der Waals surface area contributed by atoms with E-state index in [9.17, 15) is 19.2 Å². The fourth-order valence-corrected chi connectivity index (χ4v) is 2.72. The smallest absolute Gasteiger partial charge is 0.325 e. The molecule has 1 aromatic carbocycles. The van der Waals surface area contributed by atoms with E-state index in [-0.39, 0.29) is 18.5 Å². The van der Waals surface area contributed by atoms with Gasteiger partial charge >= 0.3 is 6.03 Å². The molecule has 1 aliphatic heterocycles. The van der Waals surface area contributed by atoms with Gasteiger partial charge in [-0.2, -0.15) is 0 Å². The first-order valence-electron chi connectivity index (χ1n) is 8.52. The zero-order chi connectivity index (χ0) is 20.2. The SMILES string of the molecule is COc1cccc([C@@]2(C)NC(=O)N(CC(=O)NCC(=O)NC(C)C)C2=O)c1. The van der Waals surface area contributed by atoms with Crippen molar-refractivity contribution in [3.63, 3.8) is 0 Å². The highest BCUT2D eigenvalue weighted by Gasteiger charge is 2.49. The number of methoxy groups -OCH3 is 1. The molecular weight excluding hydrogens is 352 g/mol. The molecule has 5 amide bonds. The fourth-order valence-electron chi connectivity index (χ4n) is 2.72. The Morgan fingerprint density at radius 1 is 1.26 bits per heavy atom. The number of carbonyl (C=O) groups is 4. The van der Waals surface area contributed by atoms with Crippen LogP contribution in [0.25, 0.3) is 0 Å². The van der Waals surface area contributed by atoms with Gasteiger partial charge in [0.05, 0.1) is 13.7 Å². The van der Waals surface area contributed by atoms with Crippen LogP contribution in [0.4, 0.5) is 4.79 Å². The molecule has 3 N–H and O–H groups in total. The summed E-state index contributed by atoms with van der Waals surface area (Å²) in [5, 5.41) is 7.64. The second-order valence-corrected chi connectivity index (χ2v) is 6.68. The van der Waals surface area contributed by atoms with E-state index >= 15 is 0 Å². The molecule has 9 heteroatoms. The van der Waals surface area contributed by atoms with Crippen LogP contribution in [-0.4, -0.2) is 54.9 Å². The number of imide groups is 1. The molecule has 0 spiro atoms. The van der Waals surface area contributed by atoms with Gasteiger partial charge in [-0.25, -0.2) is 4.79 Å². The summed E-state index contributed by atoms with van der Waals surface area (Å²) in [6.45, 7) is 4.46. The summed E-state index contributed by atoms with van der Waals surface area (Å²) < 4.78 is 5.16. The molecule has 1 atom stereocenters. The van der Waals surface area contributed by atoms with E-state index in [1.807, 2.05) is 0 Å². The second kappa shape index (κ2) is 8.07. The Morgan fingerprint density at radius 2 is 1.96 bits per heavy atom. The van der Waals surface area contributed by atoms with E-state index in [0.29, 0.717) is 11.3 Å². The van der Waals surface area contributed by atoms with Crippen molar-refractivity contribution in [1.29, 1.82) is 0 Å². The van der Waals surface area contributed by atoms with Gasteiger partial charge in [0.15, 0.2) is 0 Å². The molecule has 0 aliphatic carbocycles. The monoisotopic (exact) mass is 376 g/mol. The molecule has 1 aromatic rings. The summed E-state index contributed by atoms with van der Waals surface area (Å²) in [4.78, 5) is 49.5. The van der Waals surface area contributed by atoms with Crippen LogP contribution in [0.5, 0.6) is 5.75 Å². The zero-order valence-corrected chi connectivity index (χ0v) is 15.8. The van der Waals surface area contributed by atoms with Gasteiger partial charge in [-0.1, -0.05) is 12.1 Å². The van der Waals surface area contributed by atoms with E-state index in [1.165, 1.54) is 7.11 Å². The molecule has 146 valence electrons. The van der Waals surface area contributed by atoms with Crippen LogP contribution in [0, 0.1) is 0 Å². The maximum atomic E-state index is 12.8. The summed E-state index contributed by atoms with van der Waals surface area (Å²) >= 11 is 0. The molecule has 0 bridgehead atoms. The number of urea groups is 1. The molecule has 1 heterocycles. The summed E-state index contributed by atoms with van der Waals surface area (Å²) in [6, 6.07) is 6.05. The van der Waals surface area contributed by atoms with Gasteiger partial charge < -0.3 is 20.7 Å². The highest BCUT2D eigenvalue weighted by Crippen LogP contribution is 2.30. The summed E-state index contributed by atoms with van der Waals surface area (Å²) in [5.74, 6) is -0.963. The maximum Gasteiger partial charge on any atom is 0.325 e. The Labute approximate surface area is 157 Å². The third-order valence-corrected chi connectivity index (χ3v) is 4.12. The van der Waals surface area contributed by atoms with Gasteiger partial charge in [-0.15, -0.1) is 0 Å². The van der Waals surface area contributed by atoms with Crippen LogP contribution in [0.1, 0.15) is 26.3 Å². The predicted molar refractivity (Wildman–Crippen MR) is 96.9 cm³/mol. The van der Waals surface area contributed by atoms with Crippen molar-refractivity contribution in [2.24, 2.45) is 0 Å². The topological polar surface area (TPSA) is 117 Å². The van der Waals surface area contributed by atoms with Crippen molar-refractivity contribution < 1.29 is 23.9 Å². The Balaban J connectivity index is 2.05. The number of hydrogen-bond acceptors (Lipinski definition) is 5. The minimum Gasteiger partial charge on any atom is -0.497 e. The van der Waals surface area contributed by atoms with Crippen molar-refractivity contribution in [1.82, 2.24) is 20.9 Å². The Kier molecular flexibility index (Phi) is 6.04.